The highest BCUT2D eigenvalue weighted by Gasteiger charge is 2.25. The van der Waals surface area contributed by atoms with Gasteiger partial charge in [0, 0.05) is 18.6 Å². The number of sulfonamides is 1. The van der Waals surface area contributed by atoms with Crippen LogP contribution in [0.15, 0.2) is 53.4 Å². The summed E-state index contributed by atoms with van der Waals surface area (Å²) in [6, 6.07) is 10.8. The van der Waals surface area contributed by atoms with E-state index in [1.165, 1.54) is 38.2 Å². The first kappa shape index (κ1) is 24.2. The minimum Gasteiger partial charge on any atom is -0.449 e. The normalized spacial score (nSPS) is 11.9. The smallest absolute Gasteiger partial charge is 0.338 e. The Bertz CT molecular complexity index is 1090. The van der Waals surface area contributed by atoms with Crippen LogP contribution in [0.3, 0.4) is 0 Å². The number of benzene rings is 2. The zero-order chi connectivity index (χ0) is 23.2. The van der Waals surface area contributed by atoms with E-state index in [1.54, 1.807) is 25.1 Å². The summed E-state index contributed by atoms with van der Waals surface area (Å²) < 4.78 is 32.0. The molecule has 0 aliphatic heterocycles. The molecule has 0 fully saturated rings. The highest BCUT2D eigenvalue weighted by atomic mass is 35.5. The molecule has 0 spiro atoms. The topological polar surface area (TPSA) is 122 Å². The van der Waals surface area contributed by atoms with E-state index >= 15 is 0 Å². The lowest BCUT2D eigenvalue weighted by Crippen LogP contribution is -2.44. The van der Waals surface area contributed by atoms with Gasteiger partial charge in [-0.2, -0.15) is 0 Å². The fraction of sp³-hybridized carbons (Fsp3) is 0.250. The Morgan fingerprint density at radius 1 is 1.13 bits per heavy atom. The summed E-state index contributed by atoms with van der Waals surface area (Å²) in [5.41, 5.74) is 0.273. The maximum absolute atomic E-state index is 13.0. The number of hydrogen-bond acceptors (Lipinski definition) is 6. The molecular weight excluding hydrogens is 446 g/mol. The van der Waals surface area contributed by atoms with Crippen LogP contribution in [-0.2, 0) is 19.6 Å². The van der Waals surface area contributed by atoms with Crippen LogP contribution in [-0.4, -0.2) is 46.0 Å². The molecule has 0 aromatic heterocycles. The number of imide groups is 1. The third kappa shape index (κ3) is 6.19. The standard InChI is InChI=1S/C20H22ClN3O6S/c1-4-22-20(27)23-18(25)13(2)30-19(26)14-7-5-10-17(11-14)31(28,29)24(3)16-9-6-8-15(21)12-16/h5-13H,4H2,1-3H3,(H2,22,23,25,27). The Morgan fingerprint density at radius 2 is 1.81 bits per heavy atom. The first-order valence-electron chi connectivity index (χ1n) is 9.20. The second kappa shape index (κ2) is 10.3. The van der Waals surface area contributed by atoms with Gasteiger partial charge in [-0.15, -0.1) is 0 Å². The summed E-state index contributed by atoms with van der Waals surface area (Å²) in [5, 5.41) is 4.78. The molecule has 0 saturated heterocycles. The highest BCUT2D eigenvalue weighted by molar-refractivity contribution is 7.92. The largest absolute Gasteiger partial charge is 0.449 e. The summed E-state index contributed by atoms with van der Waals surface area (Å²) in [5.74, 6) is -1.73. The van der Waals surface area contributed by atoms with Gasteiger partial charge in [0.25, 0.3) is 15.9 Å². The van der Waals surface area contributed by atoms with Gasteiger partial charge < -0.3 is 10.1 Å². The molecule has 0 radical (unpaired) electrons. The maximum Gasteiger partial charge on any atom is 0.338 e. The van der Waals surface area contributed by atoms with Crippen molar-refractivity contribution in [1.29, 1.82) is 0 Å². The number of esters is 1. The molecule has 1 atom stereocenters. The van der Waals surface area contributed by atoms with Crippen LogP contribution < -0.4 is 14.9 Å². The molecule has 166 valence electrons. The van der Waals surface area contributed by atoms with E-state index in [9.17, 15) is 22.8 Å². The Morgan fingerprint density at radius 3 is 2.45 bits per heavy atom. The number of carbonyl (C=O) groups is 3. The van der Waals surface area contributed by atoms with Crippen molar-refractivity contribution in [2.24, 2.45) is 0 Å². The van der Waals surface area contributed by atoms with E-state index in [4.69, 9.17) is 16.3 Å². The van der Waals surface area contributed by atoms with Gasteiger partial charge >= 0.3 is 12.0 Å². The molecule has 9 nitrogen and oxygen atoms in total. The van der Waals surface area contributed by atoms with Gasteiger partial charge in [-0.05, 0) is 50.2 Å². The van der Waals surface area contributed by atoms with Gasteiger partial charge in [0.1, 0.15) is 0 Å². The summed E-state index contributed by atoms with van der Waals surface area (Å²) in [6.07, 6.45) is -1.27. The molecule has 2 aromatic rings. The third-order valence-corrected chi connectivity index (χ3v) is 6.14. The summed E-state index contributed by atoms with van der Waals surface area (Å²) in [6.45, 7) is 3.29. The predicted octanol–water partition coefficient (Wildman–Crippen LogP) is 2.56. The fourth-order valence-electron chi connectivity index (χ4n) is 2.45. The molecule has 11 heteroatoms. The Balaban J connectivity index is 2.17. The molecule has 0 saturated carbocycles. The number of rotatable bonds is 7. The van der Waals surface area contributed by atoms with E-state index < -0.39 is 34.0 Å². The van der Waals surface area contributed by atoms with Gasteiger partial charge in [-0.25, -0.2) is 18.0 Å². The minimum absolute atomic E-state index is 0.0711. The van der Waals surface area contributed by atoms with Crippen LogP contribution in [0.4, 0.5) is 10.5 Å². The van der Waals surface area contributed by atoms with Crippen molar-refractivity contribution in [3.63, 3.8) is 0 Å². The molecule has 2 rings (SSSR count). The third-order valence-electron chi connectivity index (χ3n) is 4.13. The van der Waals surface area contributed by atoms with Crippen LogP contribution >= 0.6 is 11.6 Å². The van der Waals surface area contributed by atoms with Crippen molar-refractivity contribution < 1.29 is 27.5 Å². The van der Waals surface area contributed by atoms with E-state index in [-0.39, 0.29) is 10.5 Å². The first-order valence-corrected chi connectivity index (χ1v) is 11.0. The molecule has 3 amide bonds. The zero-order valence-electron chi connectivity index (χ0n) is 17.1. The number of nitrogens with zero attached hydrogens (tertiary/aromatic N) is 1. The Kier molecular flexibility index (Phi) is 8.01. The lowest BCUT2D eigenvalue weighted by molar-refractivity contribution is -0.127. The van der Waals surface area contributed by atoms with Crippen LogP contribution in [0.5, 0.6) is 0 Å². The lowest BCUT2D eigenvalue weighted by Gasteiger charge is -2.20. The molecule has 0 bridgehead atoms. The monoisotopic (exact) mass is 467 g/mol. The van der Waals surface area contributed by atoms with Gasteiger partial charge in [0.05, 0.1) is 16.1 Å². The fourth-order valence-corrected chi connectivity index (χ4v) is 3.87. The average Bonchev–Trinajstić information content (AvgIpc) is 2.73. The van der Waals surface area contributed by atoms with Crippen molar-refractivity contribution in [3.05, 3.63) is 59.1 Å². The van der Waals surface area contributed by atoms with Gasteiger partial charge in [-0.1, -0.05) is 23.7 Å². The number of anilines is 1. The first-order chi connectivity index (χ1) is 14.6. The second-order valence-corrected chi connectivity index (χ2v) is 8.78. The van der Waals surface area contributed by atoms with Crippen LogP contribution in [0.2, 0.25) is 5.02 Å². The molecule has 31 heavy (non-hydrogen) atoms. The van der Waals surface area contributed by atoms with Gasteiger partial charge in [0.2, 0.25) is 0 Å². The Labute approximate surface area is 185 Å². The maximum atomic E-state index is 13.0. The number of urea groups is 1. The molecule has 0 aliphatic rings. The van der Waals surface area contributed by atoms with Crippen LogP contribution in [0, 0.1) is 0 Å². The summed E-state index contributed by atoms with van der Waals surface area (Å²) in [7, 11) is -2.64. The van der Waals surface area contributed by atoms with Crippen molar-refractivity contribution in [1.82, 2.24) is 10.6 Å². The SMILES string of the molecule is CCNC(=O)NC(=O)C(C)OC(=O)c1cccc(S(=O)(=O)N(C)c2cccc(Cl)c2)c1. The predicted molar refractivity (Wildman–Crippen MR) is 116 cm³/mol. The number of nitrogens with one attached hydrogen (secondary N) is 2. The molecule has 1 unspecified atom stereocenters. The summed E-state index contributed by atoms with van der Waals surface area (Å²) >= 11 is 5.93. The summed E-state index contributed by atoms with van der Waals surface area (Å²) in [4.78, 5) is 35.6. The molecule has 0 heterocycles. The van der Waals surface area contributed by atoms with Gasteiger partial charge in [0.15, 0.2) is 6.10 Å². The molecule has 2 N–H and O–H groups in total. The van der Waals surface area contributed by atoms with Crippen molar-refractivity contribution >= 4 is 45.2 Å². The van der Waals surface area contributed by atoms with Crippen LogP contribution in [0.25, 0.3) is 0 Å². The van der Waals surface area contributed by atoms with E-state index in [0.29, 0.717) is 17.3 Å². The second-order valence-electron chi connectivity index (χ2n) is 6.38. The van der Waals surface area contributed by atoms with E-state index in [0.717, 1.165) is 10.4 Å². The minimum atomic E-state index is -4.00. The van der Waals surface area contributed by atoms with E-state index in [1.807, 2.05) is 5.32 Å². The van der Waals surface area contributed by atoms with Crippen LogP contribution in [0.1, 0.15) is 24.2 Å². The number of ether oxygens (including phenoxy) is 1. The number of carbonyl (C=O) groups excluding carboxylic acids is 3. The number of halogens is 1. The molecule has 2 aromatic carbocycles. The highest BCUT2D eigenvalue weighted by Crippen LogP contribution is 2.25. The lowest BCUT2D eigenvalue weighted by atomic mass is 10.2. The number of hydrogen-bond donors (Lipinski definition) is 2. The van der Waals surface area contributed by atoms with Gasteiger partial charge in [-0.3, -0.25) is 14.4 Å². The zero-order valence-corrected chi connectivity index (χ0v) is 18.7. The average molecular weight is 468 g/mol. The quantitative estimate of drug-likeness (QED) is 0.603. The Hall–Kier alpha value is -3.11. The van der Waals surface area contributed by atoms with Crippen molar-refractivity contribution in [2.45, 2.75) is 24.8 Å². The molecular formula is C20H22ClN3O6S. The van der Waals surface area contributed by atoms with Crippen molar-refractivity contribution in [3.8, 4) is 0 Å². The molecule has 0 aliphatic carbocycles. The van der Waals surface area contributed by atoms with E-state index in [2.05, 4.69) is 5.32 Å². The number of amides is 3. The van der Waals surface area contributed by atoms with Crippen molar-refractivity contribution in [2.75, 3.05) is 17.9 Å².